The van der Waals surface area contributed by atoms with Gasteiger partial charge >= 0.3 is 0 Å². The van der Waals surface area contributed by atoms with E-state index in [0.717, 1.165) is 64.1 Å². The summed E-state index contributed by atoms with van der Waals surface area (Å²) in [6.45, 7) is 5.81. The van der Waals surface area contributed by atoms with Crippen molar-refractivity contribution in [2.24, 2.45) is 5.92 Å². The second-order valence-corrected chi connectivity index (χ2v) is 6.23. The number of piperidine rings is 2. The third-order valence-electron chi connectivity index (χ3n) is 4.81. The fourth-order valence-corrected chi connectivity index (χ4v) is 3.65. The second kappa shape index (κ2) is 9.50. The zero-order valence-electron chi connectivity index (χ0n) is 13.7. The third kappa shape index (κ3) is 4.61. The summed E-state index contributed by atoms with van der Waals surface area (Å²) >= 11 is 0. The highest BCUT2D eigenvalue weighted by Gasteiger charge is 2.30. The molecule has 0 radical (unpaired) electrons. The Labute approximate surface area is 151 Å². The average Bonchev–Trinajstić information content (AvgIpc) is 3.04. The monoisotopic (exact) mass is 362 g/mol. The van der Waals surface area contributed by atoms with Crippen LogP contribution in [0.3, 0.4) is 0 Å². The van der Waals surface area contributed by atoms with Crippen molar-refractivity contribution in [3.05, 3.63) is 18.2 Å². The molecule has 0 saturated carbocycles. The highest BCUT2D eigenvalue weighted by molar-refractivity contribution is 5.85. The van der Waals surface area contributed by atoms with Crippen molar-refractivity contribution < 1.29 is 4.79 Å². The molecule has 3 rings (SSSR count). The van der Waals surface area contributed by atoms with Gasteiger partial charge in [-0.15, -0.1) is 24.8 Å². The van der Waals surface area contributed by atoms with Crippen LogP contribution in [-0.2, 0) is 11.2 Å². The van der Waals surface area contributed by atoms with E-state index in [4.69, 9.17) is 0 Å². The van der Waals surface area contributed by atoms with Crippen LogP contribution in [0.5, 0.6) is 0 Å². The van der Waals surface area contributed by atoms with Crippen LogP contribution in [-0.4, -0.2) is 46.5 Å². The summed E-state index contributed by atoms with van der Waals surface area (Å²) in [6.07, 6.45) is 9.30. The molecule has 0 aliphatic carbocycles. The van der Waals surface area contributed by atoms with E-state index < -0.39 is 0 Å². The summed E-state index contributed by atoms with van der Waals surface area (Å²) in [5.74, 6) is 1.67. The molecule has 1 amide bonds. The number of nitrogens with zero attached hydrogens (tertiary/aromatic N) is 3. The Morgan fingerprint density at radius 1 is 1.35 bits per heavy atom. The Morgan fingerprint density at radius 3 is 2.87 bits per heavy atom. The Balaban J connectivity index is 0.00000132. The smallest absolute Gasteiger partial charge is 0.227 e. The molecule has 0 aromatic carbocycles. The van der Waals surface area contributed by atoms with Crippen molar-refractivity contribution in [1.29, 1.82) is 0 Å². The van der Waals surface area contributed by atoms with Crippen LogP contribution in [0.15, 0.2) is 12.4 Å². The van der Waals surface area contributed by atoms with Crippen LogP contribution in [0.25, 0.3) is 0 Å². The summed E-state index contributed by atoms with van der Waals surface area (Å²) in [5.41, 5.74) is 0. The molecule has 5 nitrogen and oxygen atoms in total. The van der Waals surface area contributed by atoms with Gasteiger partial charge in [-0.05, 0) is 32.2 Å². The molecule has 2 aliphatic heterocycles. The minimum atomic E-state index is 0. The van der Waals surface area contributed by atoms with Crippen molar-refractivity contribution in [3.8, 4) is 0 Å². The van der Waals surface area contributed by atoms with Crippen molar-refractivity contribution in [2.75, 3.05) is 26.2 Å². The van der Waals surface area contributed by atoms with Gasteiger partial charge in [0, 0.05) is 38.4 Å². The fraction of sp³-hybridized carbons (Fsp3) is 0.750. The van der Waals surface area contributed by atoms with Gasteiger partial charge in [-0.2, -0.15) is 0 Å². The first-order valence-electron chi connectivity index (χ1n) is 8.30. The molecule has 7 heteroatoms. The fourth-order valence-electron chi connectivity index (χ4n) is 3.65. The topological polar surface area (TPSA) is 50.2 Å². The van der Waals surface area contributed by atoms with Crippen LogP contribution in [0.2, 0.25) is 0 Å². The Kier molecular flexibility index (Phi) is 8.37. The van der Waals surface area contributed by atoms with E-state index in [0.29, 0.717) is 11.9 Å². The van der Waals surface area contributed by atoms with Gasteiger partial charge in [-0.3, -0.25) is 4.79 Å². The zero-order chi connectivity index (χ0) is 14.7. The summed E-state index contributed by atoms with van der Waals surface area (Å²) in [6, 6.07) is 0.400. The lowest BCUT2D eigenvalue weighted by Gasteiger charge is -2.37. The van der Waals surface area contributed by atoms with E-state index in [-0.39, 0.29) is 30.7 Å². The highest BCUT2D eigenvalue weighted by Crippen LogP contribution is 2.25. The lowest BCUT2D eigenvalue weighted by Crippen LogP contribution is -2.47. The number of likely N-dealkylation sites (tertiary alicyclic amines) is 1. The molecule has 0 spiro atoms. The molecule has 2 fully saturated rings. The number of halogens is 2. The van der Waals surface area contributed by atoms with E-state index >= 15 is 0 Å². The molecule has 23 heavy (non-hydrogen) atoms. The molecular formula is C16H28Cl2N4O. The summed E-state index contributed by atoms with van der Waals surface area (Å²) in [5, 5.41) is 3.35. The average molecular weight is 363 g/mol. The summed E-state index contributed by atoms with van der Waals surface area (Å²) in [7, 11) is 0. The van der Waals surface area contributed by atoms with E-state index in [9.17, 15) is 4.79 Å². The van der Waals surface area contributed by atoms with Gasteiger partial charge in [-0.1, -0.05) is 6.92 Å². The van der Waals surface area contributed by atoms with Crippen LogP contribution < -0.4 is 5.32 Å². The Morgan fingerprint density at radius 2 is 2.17 bits per heavy atom. The zero-order valence-corrected chi connectivity index (χ0v) is 15.4. The van der Waals surface area contributed by atoms with Crippen LogP contribution in [0, 0.1) is 5.92 Å². The van der Waals surface area contributed by atoms with Crippen LogP contribution in [0.4, 0.5) is 0 Å². The number of aromatic nitrogens is 2. The van der Waals surface area contributed by atoms with Crippen LogP contribution >= 0.6 is 24.8 Å². The van der Waals surface area contributed by atoms with Gasteiger partial charge in [0.15, 0.2) is 0 Å². The molecule has 1 aromatic rings. The first kappa shape index (κ1) is 20.3. The maximum absolute atomic E-state index is 12.7. The quantitative estimate of drug-likeness (QED) is 0.898. The molecule has 2 saturated heterocycles. The van der Waals surface area contributed by atoms with Gasteiger partial charge in [-0.25, -0.2) is 4.98 Å². The number of nitrogens with one attached hydrogen (secondary N) is 1. The number of carbonyl (C=O) groups is 1. The highest BCUT2D eigenvalue weighted by atomic mass is 35.5. The first-order valence-corrected chi connectivity index (χ1v) is 8.30. The largest absolute Gasteiger partial charge is 0.340 e. The second-order valence-electron chi connectivity index (χ2n) is 6.23. The van der Waals surface area contributed by atoms with E-state index in [1.165, 1.54) is 0 Å². The number of hydrogen-bond donors (Lipinski definition) is 1. The van der Waals surface area contributed by atoms with Crippen molar-refractivity contribution in [2.45, 2.75) is 45.1 Å². The molecule has 2 aliphatic rings. The van der Waals surface area contributed by atoms with Gasteiger partial charge in [0.2, 0.25) is 5.91 Å². The van der Waals surface area contributed by atoms with E-state index in [1.807, 2.05) is 6.20 Å². The predicted octanol–water partition coefficient (Wildman–Crippen LogP) is 2.45. The molecule has 3 heterocycles. The standard InChI is InChI=1S/C16H26N4O.2ClH/c1-2-15-18-8-10-20(15)14-6-4-9-19(12-14)16(21)13-5-3-7-17-11-13;;/h8,10,13-14,17H,2-7,9,11-12H2,1H3;2*1H. The van der Waals surface area contributed by atoms with Gasteiger partial charge in [0.1, 0.15) is 5.82 Å². The lowest BCUT2D eigenvalue weighted by atomic mass is 9.96. The normalized spacial score (nSPS) is 24.5. The number of amides is 1. The lowest BCUT2D eigenvalue weighted by molar-refractivity contribution is -0.137. The van der Waals surface area contributed by atoms with Gasteiger partial charge in [0.25, 0.3) is 0 Å². The number of hydrogen-bond acceptors (Lipinski definition) is 3. The molecule has 132 valence electrons. The summed E-state index contributed by atoms with van der Waals surface area (Å²) < 4.78 is 2.28. The Hall–Kier alpha value is -0.780. The maximum atomic E-state index is 12.7. The minimum Gasteiger partial charge on any atom is -0.340 e. The molecule has 1 aromatic heterocycles. The Bertz CT molecular complexity index is 488. The van der Waals surface area contributed by atoms with Gasteiger partial charge in [0.05, 0.1) is 12.0 Å². The predicted molar refractivity (Wildman–Crippen MR) is 96.5 cm³/mol. The third-order valence-corrected chi connectivity index (χ3v) is 4.81. The molecule has 0 bridgehead atoms. The van der Waals surface area contributed by atoms with E-state index in [2.05, 4.69) is 32.9 Å². The molecule has 2 atom stereocenters. The SMILES string of the molecule is CCc1nccn1C1CCCN(C(=O)C2CCCNC2)C1.Cl.Cl. The van der Waals surface area contributed by atoms with Crippen molar-refractivity contribution in [1.82, 2.24) is 19.8 Å². The maximum Gasteiger partial charge on any atom is 0.227 e. The van der Waals surface area contributed by atoms with Crippen molar-refractivity contribution >= 4 is 30.7 Å². The van der Waals surface area contributed by atoms with E-state index in [1.54, 1.807) is 0 Å². The molecular weight excluding hydrogens is 335 g/mol. The molecule has 1 N–H and O–H groups in total. The molecule has 2 unspecified atom stereocenters. The van der Waals surface area contributed by atoms with Crippen molar-refractivity contribution in [3.63, 3.8) is 0 Å². The minimum absolute atomic E-state index is 0. The number of imidazole rings is 1. The number of carbonyl (C=O) groups excluding carboxylic acids is 1. The van der Waals surface area contributed by atoms with Crippen LogP contribution in [0.1, 0.15) is 44.5 Å². The first-order chi connectivity index (χ1) is 10.3. The summed E-state index contributed by atoms with van der Waals surface area (Å²) in [4.78, 5) is 19.2. The number of aryl methyl sites for hydroxylation is 1. The van der Waals surface area contributed by atoms with Gasteiger partial charge < -0.3 is 14.8 Å². The number of rotatable bonds is 3.